The van der Waals surface area contributed by atoms with Crippen molar-refractivity contribution in [1.82, 2.24) is 4.90 Å². The summed E-state index contributed by atoms with van der Waals surface area (Å²) in [4.78, 5) is 27.9. The lowest BCUT2D eigenvalue weighted by Gasteiger charge is -2.23. The van der Waals surface area contributed by atoms with E-state index < -0.39 is 22.0 Å². The third kappa shape index (κ3) is 3.96. The number of carbonyl (C=O) groups excluding carboxylic acids is 2. The number of likely N-dealkylation sites (tertiary alicyclic amines) is 1. The number of amides is 1. The van der Waals surface area contributed by atoms with E-state index in [0.717, 1.165) is 25.0 Å². The molecule has 9 heteroatoms. The number of thioether (sulfide) groups is 1. The van der Waals surface area contributed by atoms with Crippen molar-refractivity contribution in [3.8, 4) is 0 Å². The topological polar surface area (TPSA) is 95.9 Å². The van der Waals surface area contributed by atoms with Crippen molar-refractivity contribution in [2.24, 2.45) is 10.3 Å². The zero-order valence-electron chi connectivity index (χ0n) is 16.1. The van der Waals surface area contributed by atoms with Crippen molar-refractivity contribution in [3.05, 3.63) is 24.3 Å². The predicted molar refractivity (Wildman–Crippen MR) is 111 cm³/mol. The second kappa shape index (κ2) is 8.65. The van der Waals surface area contributed by atoms with E-state index in [4.69, 9.17) is 0 Å². The summed E-state index contributed by atoms with van der Waals surface area (Å²) in [6.07, 6.45) is 5.32. The van der Waals surface area contributed by atoms with Crippen LogP contribution in [0.2, 0.25) is 0 Å². The summed E-state index contributed by atoms with van der Waals surface area (Å²) < 4.78 is 28.9. The van der Waals surface area contributed by atoms with Crippen LogP contribution in [0.3, 0.4) is 0 Å². The van der Waals surface area contributed by atoms with Crippen molar-refractivity contribution in [2.75, 3.05) is 23.9 Å². The number of nitrogens with one attached hydrogen (secondary N) is 1. The SMILES string of the molecule is CCCCCN1C(=O)C(C2=NS(=O)(=O)c3ccccc3N2)C(=O)[C@@H]1CCSC. The molecule has 2 heterocycles. The molecule has 0 aliphatic carbocycles. The molecule has 2 aliphatic heterocycles. The molecular weight excluding hydrogens is 398 g/mol. The first-order valence-electron chi connectivity index (χ1n) is 9.44. The molecule has 1 aromatic carbocycles. The Labute approximate surface area is 170 Å². The molecule has 0 bridgehead atoms. The van der Waals surface area contributed by atoms with E-state index in [1.165, 1.54) is 6.07 Å². The molecule has 28 heavy (non-hydrogen) atoms. The number of anilines is 1. The summed E-state index contributed by atoms with van der Waals surface area (Å²) >= 11 is 1.62. The molecule has 1 aromatic rings. The number of nitrogens with zero attached hydrogens (tertiary/aromatic N) is 2. The molecule has 0 aromatic heterocycles. The number of Topliss-reactive ketones (excluding diaryl/α,β-unsaturated/α-hetero) is 1. The lowest BCUT2D eigenvalue weighted by Crippen LogP contribution is -2.37. The van der Waals surface area contributed by atoms with E-state index in [1.54, 1.807) is 34.9 Å². The number of fused-ring (bicyclic) bond motifs is 1. The minimum atomic E-state index is -3.95. The van der Waals surface area contributed by atoms with Crippen LogP contribution in [0.1, 0.15) is 32.6 Å². The van der Waals surface area contributed by atoms with E-state index in [9.17, 15) is 18.0 Å². The molecule has 0 spiro atoms. The molecule has 1 N–H and O–H groups in total. The van der Waals surface area contributed by atoms with Crippen molar-refractivity contribution >= 4 is 45.0 Å². The summed E-state index contributed by atoms with van der Waals surface area (Å²) in [5.74, 6) is -1.14. The van der Waals surface area contributed by atoms with Gasteiger partial charge in [-0.05, 0) is 37.0 Å². The number of carbonyl (C=O) groups is 2. The normalized spacial score (nSPS) is 23.4. The van der Waals surface area contributed by atoms with Crippen molar-refractivity contribution < 1.29 is 18.0 Å². The first kappa shape index (κ1) is 20.9. The largest absolute Gasteiger partial charge is 0.341 e. The highest BCUT2D eigenvalue weighted by atomic mass is 32.2. The Hall–Kier alpha value is -1.87. The van der Waals surface area contributed by atoms with Gasteiger partial charge in [0.1, 0.15) is 10.7 Å². The number of hydrogen-bond donors (Lipinski definition) is 1. The monoisotopic (exact) mass is 423 g/mol. The molecule has 1 fully saturated rings. The third-order valence-electron chi connectivity index (χ3n) is 5.04. The zero-order valence-corrected chi connectivity index (χ0v) is 17.7. The van der Waals surface area contributed by atoms with Gasteiger partial charge in [0.25, 0.3) is 10.0 Å². The minimum Gasteiger partial charge on any atom is -0.341 e. The first-order valence-corrected chi connectivity index (χ1v) is 12.3. The smallest absolute Gasteiger partial charge is 0.286 e. The second-order valence-electron chi connectivity index (χ2n) is 6.94. The molecule has 1 unspecified atom stereocenters. The van der Waals surface area contributed by atoms with Crippen LogP contribution in [0, 0.1) is 5.92 Å². The zero-order chi connectivity index (χ0) is 20.3. The van der Waals surface area contributed by atoms with Crippen molar-refractivity contribution in [1.29, 1.82) is 0 Å². The van der Waals surface area contributed by atoms with Gasteiger partial charge >= 0.3 is 0 Å². The second-order valence-corrected chi connectivity index (χ2v) is 9.50. The summed E-state index contributed by atoms with van der Waals surface area (Å²) in [5, 5.41) is 2.92. The summed E-state index contributed by atoms with van der Waals surface area (Å²) in [7, 11) is -3.95. The summed E-state index contributed by atoms with van der Waals surface area (Å²) in [6, 6.07) is 5.84. The van der Waals surface area contributed by atoms with E-state index in [-0.39, 0.29) is 22.4 Å². The van der Waals surface area contributed by atoms with Crippen LogP contribution < -0.4 is 5.32 Å². The maximum Gasteiger partial charge on any atom is 0.286 e. The predicted octanol–water partition coefficient (Wildman–Crippen LogP) is 2.54. The van der Waals surface area contributed by atoms with Crippen LogP contribution in [0.5, 0.6) is 0 Å². The minimum absolute atomic E-state index is 0.0513. The molecule has 3 rings (SSSR count). The highest BCUT2D eigenvalue weighted by Gasteiger charge is 2.50. The Morgan fingerprint density at radius 1 is 1.21 bits per heavy atom. The van der Waals surface area contributed by atoms with Gasteiger partial charge in [0.05, 0.1) is 11.7 Å². The van der Waals surface area contributed by atoms with Gasteiger partial charge in [-0.1, -0.05) is 31.9 Å². The van der Waals surface area contributed by atoms with Gasteiger partial charge in [-0.3, -0.25) is 9.59 Å². The number of unbranched alkanes of at least 4 members (excludes halogenated alkanes) is 2. The molecule has 1 amide bonds. The third-order valence-corrected chi connectivity index (χ3v) is 7.03. The van der Waals surface area contributed by atoms with Gasteiger partial charge in [-0.15, -0.1) is 4.40 Å². The number of sulfonamides is 1. The van der Waals surface area contributed by atoms with Crippen LogP contribution in [0.15, 0.2) is 33.6 Å². The van der Waals surface area contributed by atoms with Crippen LogP contribution in [0.25, 0.3) is 0 Å². The molecule has 2 atom stereocenters. The molecule has 0 radical (unpaired) electrons. The summed E-state index contributed by atoms with van der Waals surface area (Å²) in [6.45, 7) is 2.58. The van der Waals surface area contributed by atoms with E-state index in [0.29, 0.717) is 18.7 Å². The highest BCUT2D eigenvalue weighted by molar-refractivity contribution is 7.98. The number of para-hydroxylation sites is 1. The maximum atomic E-state index is 13.1. The number of hydrogen-bond acceptors (Lipinski definition) is 6. The Bertz CT molecular complexity index is 898. The number of rotatable bonds is 8. The van der Waals surface area contributed by atoms with Crippen LogP contribution in [0.4, 0.5) is 5.69 Å². The fraction of sp³-hybridized carbons (Fsp3) is 0.526. The molecular formula is C19H25N3O4S2. The lowest BCUT2D eigenvalue weighted by atomic mass is 10.0. The van der Waals surface area contributed by atoms with Gasteiger partial charge in [-0.25, -0.2) is 0 Å². The van der Waals surface area contributed by atoms with Crippen LogP contribution in [-0.2, 0) is 19.6 Å². The Kier molecular flexibility index (Phi) is 6.44. The highest BCUT2D eigenvalue weighted by Crippen LogP contribution is 2.32. The van der Waals surface area contributed by atoms with Crippen LogP contribution in [-0.4, -0.2) is 55.4 Å². The molecule has 1 saturated heterocycles. The van der Waals surface area contributed by atoms with Gasteiger partial charge in [0, 0.05) is 6.54 Å². The average Bonchev–Trinajstić information content (AvgIpc) is 2.89. The molecule has 7 nitrogen and oxygen atoms in total. The van der Waals surface area contributed by atoms with Gasteiger partial charge in [-0.2, -0.15) is 20.2 Å². The molecule has 152 valence electrons. The molecule has 2 aliphatic rings. The Morgan fingerprint density at radius 2 is 1.96 bits per heavy atom. The molecule has 0 saturated carbocycles. The average molecular weight is 424 g/mol. The number of benzene rings is 1. The quantitative estimate of drug-likeness (QED) is 0.510. The van der Waals surface area contributed by atoms with E-state index in [1.807, 2.05) is 6.26 Å². The Morgan fingerprint density at radius 3 is 2.68 bits per heavy atom. The van der Waals surface area contributed by atoms with E-state index >= 15 is 0 Å². The van der Waals surface area contributed by atoms with E-state index in [2.05, 4.69) is 16.6 Å². The Balaban J connectivity index is 1.92. The number of amidine groups is 1. The lowest BCUT2D eigenvalue weighted by molar-refractivity contribution is -0.130. The van der Waals surface area contributed by atoms with Gasteiger partial charge in [0.2, 0.25) is 5.91 Å². The summed E-state index contributed by atoms with van der Waals surface area (Å²) in [5.41, 5.74) is 0.346. The van der Waals surface area contributed by atoms with Crippen molar-refractivity contribution in [2.45, 2.75) is 43.5 Å². The number of ketones is 1. The standard InChI is InChI=1S/C19H25N3O4S2/c1-3-4-7-11-22-14(10-12-27-2)17(23)16(19(22)24)18-20-13-8-5-6-9-15(13)28(25,26)21-18/h5-6,8-9,14,16H,3-4,7,10-12H2,1-2H3,(H,20,21)/t14-,16?/m0/s1. The van der Waals surface area contributed by atoms with Gasteiger partial charge < -0.3 is 10.2 Å². The maximum absolute atomic E-state index is 13.1. The fourth-order valence-electron chi connectivity index (χ4n) is 3.62. The fourth-order valence-corrected chi connectivity index (χ4v) is 5.24. The first-order chi connectivity index (χ1) is 13.4. The van der Waals surface area contributed by atoms with Crippen LogP contribution >= 0.6 is 11.8 Å². The van der Waals surface area contributed by atoms with Gasteiger partial charge in [0.15, 0.2) is 11.7 Å². The van der Waals surface area contributed by atoms with Crippen molar-refractivity contribution in [3.63, 3.8) is 0 Å².